The van der Waals surface area contributed by atoms with Crippen LogP contribution in [0, 0.1) is 12.8 Å². The van der Waals surface area contributed by atoms with Crippen LogP contribution >= 0.6 is 23.5 Å². The molecule has 1 amide bonds. The summed E-state index contributed by atoms with van der Waals surface area (Å²) in [4.78, 5) is 24.0. The molecular weight excluding hydrogens is 342 g/mol. The maximum absolute atomic E-state index is 12.6. The predicted octanol–water partition coefficient (Wildman–Crippen LogP) is 3.23. The van der Waals surface area contributed by atoms with Crippen LogP contribution in [-0.2, 0) is 16.0 Å². The first-order chi connectivity index (χ1) is 11.5. The smallest absolute Gasteiger partial charge is 0.326 e. The first-order valence-corrected chi connectivity index (χ1v) is 10.7. The summed E-state index contributed by atoms with van der Waals surface area (Å²) < 4.78 is 0. The zero-order chi connectivity index (χ0) is 17.9. The number of aryl methyl sites for hydroxylation is 1. The van der Waals surface area contributed by atoms with Gasteiger partial charge >= 0.3 is 5.97 Å². The maximum atomic E-state index is 12.6. The lowest BCUT2D eigenvalue weighted by molar-refractivity contribution is -0.142. The molecule has 0 bridgehead atoms. The van der Waals surface area contributed by atoms with E-state index in [0.717, 1.165) is 16.9 Å². The summed E-state index contributed by atoms with van der Waals surface area (Å²) in [6.07, 6.45) is 3.01. The highest BCUT2D eigenvalue weighted by Gasteiger charge is 2.25. The first kappa shape index (κ1) is 20.9. The van der Waals surface area contributed by atoms with Crippen molar-refractivity contribution in [2.24, 2.45) is 5.92 Å². The molecule has 0 heterocycles. The number of carbonyl (C=O) groups is 2. The molecule has 2 N–H and O–H groups in total. The van der Waals surface area contributed by atoms with E-state index in [1.807, 2.05) is 37.4 Å². The Kier molecular flexibility index (Phi) is 9.95. The monoisotopic (exact) mass is 369 g/mol. The van der Waals surface area contributed by atoms with Crippen molar-refractivity contribution in [1.82, 2.24) is 5.32 Å². The predicted molar refractivity (Wildman–Crippen MR) is 104 cm³/mol. The standard InChI is InChI=1S/C18H27NO3S2/c1-4-24-12-15(11-14-8-6-5-7-13(14)2)17(20)19-16(18(21)22)9-10-23-3/h5-8,15-16H,4,9-12H2,1-3H3,(H,19,20)(H,21,22)/t15?,16-/m0/s1. The highest BCUT2D eigenvalue weighted by molar-refractivity contribution is 7.99. The summed E-state index contributed by atoms with van der Waals surface area (Å²) in [5.74, 6) is 1.01. The maximum Gasteiger partial charge on any atom is 0.326 e. The molecule has 1 aromatic rings. The number of aliphatic carboxylic acids is 1. The molecule has 2 atom stereocenters. The number of carboxylic acid groups (broad SMARTS) is 1. The van der Waals surface area contributed by atoms with Crippen LogP contribution in [0.1, 0.15) is 24.5 Å². The molecule has 134 valence electrons. The molecule has 1 rings (SSSR count). The zero-order valence-electron chi connectivity index (χ0n) is 14.6. The van der Waals surface area contributed by atoms with Crippen molar-refractivity contribution >= 4 is 35.4 Å². The summed E-state index contributed by atoms with van der Waals surface area (Å²) >= 11 is 3.29. The van der Waals surface area contributed by atoms with Gasteiger partial charge in [-0.05, 0) is 48.7 Å². The van der Waals surface area contributed by atoms with Gasteiger partial charge in [0, 0.05) is 5.75 Å². The molecule has 0 fully saturated rings. The van der Waals surface area contributed by atoms with Crippen molar-refractivity contribution < 1.29 is 14.7 Å². The number of benzene rings is 1. The summed E-state index contributed by atoms with van der Waals surface area (Å²) in [7, 11) is 0. The fraction of sp³-hybridized carbons (Fsp3) is 0.556. The van der Waals surface area contributed by atoms with Crippen molar-refractivity contribution in [2.45, 2.75) is 32.7 Å². The van der Waals surface area contributed by atoms with Crippen LogP contribution in [0.2, 0.25) is 0 Å². The van der Waals surface area contributed by atoms with Crippen LogP contribution in [-0.4, -0.2) is 46.5 Å². The van der Waals surface area contributed by atoms with Crippen molar-refractivity contribution in [1.29, 1.82) is 0 Å². The Hall–Kier alpha value is -1.14. The molecule has 0 aliphatic carbocycles. The average Bonchev–Trinajstić information content (AvgIpc) is 2.56. The summed E-state index contributed by atoms with van der Waals surface area (Å²) in [6.45, 7) is 4.10. The minimum absolute atomic E-state index is 0.160. The van der Waals surface area contributed by atoms with E-state index in [4.69, 9.17) is 0 Å². The molecular formula is C18H27NO3S2. The molecule has 6 heteroatoms. The lowest BCUT2D eigenvalue weighted by atomic mass is 9.96. The number of rotatable bonds is 11. The van der Waals surface area contributed by atoms with Gasteiger partial charge in [0.15, 0.2) is 0 Å². The van der Waals surface area contributed by atoms with Gasteiger partial charge in [-0.1, -0.05) is 31.2 Å². The van der Waals surface area contributed by atoms with E-state index in [9.17, 15) is 14.7 Å². The van der Waals surface area contributed by atoms with Gasteiger partial charge in [-0.2, -0.15) is 23.5 Å². The molecule has 0 aromatic heterocycles. The minimum atomic E-state index is -0.963. The average molecular weight is 370 g/mol. The van der Waals surface area contributed by atoms with Crippen molar-refractivity contribution in [3.8, 4) is 0 Å². The fourth-order valence-corrected chi connectivity index (χ4v) is 3.64. The molecule has 0 saturated heterocycles. The van der Waals surface area contributed by atoms with Crippen LogP contribution in [0.4, 0.5) is 0 Å². The quantitative estimate of drug-likeness (QED) is 0.627. The van der Waals surface area contributed by atoms with Gasteiger partial charge < -0.3 is 10.4 Å². The van der Waals surface area contributed by atoms with Gasteiger partial charge in [-0.25, -0.2) is 4.79 Å². The molecule has 0 radical (unpaired) electrons. The topological polar surface area (TPSA) is 66.4 Å². The minimum Gasteiger partial charge on any atom is -0.480 e. The van der Waals surface area contributed by atoms with E-state index in [1.54, 1.807) is 23.5 Å². The fourth-order valence-electron chi connectivity index (χ4n) is 2.37. The van der Waals surface area contributed by atoms with Gasteiger partial charge in [0.25, 0.3) is 0 Å². The number of nitrogens with one attached hydrogen (secondary N) is 1. The number of thioether (sulfide) groups is 2. The first-order valence-electron chi connectivity index (χ1n) is 8.13. The third-order valence-electron chi connectivity index (χ3n) is 3.85. The zero-order valence-corrected chi connectivity index (χ0v) is 16.2. The van der Waals surface area contributed by atoms with Crippen molar-refractivity contribution in [3.05, 3.63) is 35.4 Å². The second-order valence-corrected chi connectivity index (χ2v) is 7.97. The lowest BCUT2D eigenvalue weighted by Gasteiger charge is -2.21. The normalized spacial score (nSPS) is 13.3. The summed E-state index contributed by atoms with van der Waals surface area (Å²) in [5, 5.41) is 12.0. The van der Waals surface area contributed by atoms with Crippen LogP contribution in [0.3, 0.4) is 0 Å². The van der Waals surface area contributed by atoms with Crippen LogP contribution < -0.4 is 5.32 Å². The van der Waals surface area contributed by atoms with Gasteiger partial charge in [-0.15, -0.1) is 0 Å². The van der Waals surface area contributed by atoms with E-state index >= 15 is 0 Å². The van der Waals surface area contributed by atoms with Gasteiger partial charge in [0.2, 0.25) is 5.91 Å². The lowest BCUT2D eigenvalue weighted by Crippen LogP contribution is -2.45. The van der Waals surface area contributed by atoms with Crippen LogP contribution in [0.5, 0.6) is 0 Å². The third-order valence-corrected chi connectivity index (χ3v) is 5.54. The highest BCUT2D eigenvalue weighted by atomic mass is 32.2. The number of carbonyl (C=O) groups excluding carboxylic acids is 1. The van der Waals surface area contributed by atoms with Crippen LogP contribution in [0.15, 0.2) is 24.3 Å². The number of hydrogen-bond acceptors (Lipinski definition) is 4. The second-order valence-electron chi connectivity index (χ2n) is 5.67. The Morgan fingerprint density at radius 2 is 2.00 bits per heavy atom. The molecule has 4 nitrogen and oxygen atoms in total. The largest absolute Gasteiger partial charge is 0.480 e. The Bertz CT molecular complexity index is 537. The van der Waals surface area contributed by atoms with Gasteiger partial charge in [0.05, 0.1) is 5.92 Å². The van der Waals surface area contributed by atoms with Crippen molar-refractivity contribution in [2.75, 3.05) is 23.5 Å². The van der Waals surface area contributed by atoms with E-state index in [1.165, 1.54) is 0 Å². The second kappa shape index (κ2) is 11.4. The number of carboxylic acids is 1. The molecule has 0 aliphatic heterocycles. The Labute approximate surface area is 153 Å². The SMILES string of the molecule is CCSCC(Cc1ccccc1C)C(=O)N[C@@H](CCSC)C(=O)O. The molecule has 0 saturated carbocycles. The molecule has 24 heavy (non-hydrogen) atoms. The van der Waals surface area contributed by atoms with E-state index in [-0.39, 0.29) is 11.8 Å². The molecule has 1 aromatic carbocycles. The van der Waals surface area contributed by atoms with Crippen molar-refractivity contribution in [3.63, 3.8) is 0 Å². The Morgan fingerprint density at radius 1 is 1.29 bits per heavy atom. The molecule has 1 unspecified atom stereocenters. The molecule has 0 aliphatic rings. The van der Waals surface area contributed by atoms with Gasteiger partial charge in [-0.3, -0.25) is 4.79 Å². The molecule has 0 spiro atoms. The summed E-state index contributed by atoms with van der Waals surface area (Å²) in [5.41, 5.74) is 2.30. The number of hydrogen-bond donors (Lipinski definition) is 2. The van der Waals surface area contributed by atoms with E-state index < -0.39 is 12.0 Å². The van der Waals surface area contributed by atoms with E-state index in [0.29, 0.717) is 24.3 Å². The third kappa shape index (κ3) is 7.18. The summed E-state index contributed by atoms with van der Waals surface area (Å²) in [6, 6.07) is 7.22. The highest BCUT2D eigenvalue weighted by Crippen LogP contribution is 2.18. The van der Waals surface area contributed by atoms with Crippen LogP contribution in [0.25, 0.3) is 0 Å². The Balaban J connectivity index is 2.80. The Morgan fingerprint density at radius 3 is 2.58 bits per heavy atom. The number of amides is 1. The van der Waals surface area contributed by atoms with E-state index in [2.05, 4.69) is 12.2 Å². The van der Waals surface area contributed by atoms with Gasteiger partial charge in [0.1, 0.15) is 6.04 Å².